The second-order valence-electron chi connectivity index (χ2n) is 7.01. The summed E-state index contributed by atoms with van der Waals surface area (Å²) in [4.78, 5) is 26.2. The third-order valence-electron chi connectivity index (χ3n) is 5.71. The number of benzene rings is 1. The Hall–Kier alpha value is -1.22. The topological polar surface area (TPSA) is 34.1 Å². The van der Waals surface area contributed by atoms with Crippen molar-refractivity contribution in [1.29, 1.82) is 0 Å². The number of carbonyl (C=O) groups is 2. The van der Waals surface area contributed by atoms with Gasteiger partial charge in [0.1, 0.15) is 4.32 Å². The highest BCUT2D eigenvalue weighted by Gasteiger charge is 2.58. The van der Waals surface area contributed by atoms with Crippen molar-refractivity contribution in [2.75, 3.05) is 0 Å². The van der Waals surface area contributed by atoms with Gasteiger partial charge in [0.05, 0.1) is 0 Å². The van der Waals surface area contributed by atoms with E-state index in [1.54, 1.807) is 12.1 Å². The molecule has 22 heavy (non-hydrogen) atoms. The molecule has 1 fully saturated rings. The van der Waals surface area contributed by atoms with E-state index in [1.807, 2.05) is 12.1 Å². The van der Waals surface area contributed by atoms with Crippen molar-refractivity contribution in [3.8, 4) is 0 Å². The first-order chi connectivity index (χ1) is 10.5. The molecule has 0 aromatic heterocycles. The fraction of sp³-hybridized carbons (Fsp3) is 0.474. The van der Waals surface area contributed by atoms with Crippen molar-refractivity contribution in [3.63, 3.8) is 0 Å². The van der Waals surface area contributed by atoms with Gasteiger partial charge in [-0.3, -0.25) is 9.59 Å². The molecule has 0 bridgehead atoms. The molecular formula is C19H19BrO2. The van der Waals surface area contributed by atoms with E-state index >= 15 is 0 Å². The van der Waals surface area contributed by atoms with Crippen LogP contribution in [0.3, 0.4) is 0 Å². The van der Waals surface area contributed by atoms with Gasteiger partial charge in [-0.1, -0.05) is 58.8 Å². The molecule has 0 radical (unpaired) electrons. The van der Waals surface area contributed by atoms with Crippen molar-refractivity contribution in [3.05, 3.63) is 47.0 Å². The molecule has 0 amide bonds. The number of allylic oxidation sites excluding steroid dienone is 2. The summed E-state index contributed by atoms with van der Waals surface area (Å²) in [6, 6.07) is 7.30. The normalized spacial score (nSPS) is 37.0. The Morgan fingerprint density at radius 2 is 1.82 bits per heavy atom. The van der Waals surface area contributed by atoms with Gasteiger partial charge in [0.25, 0.3) is 0 Å². The molecule has 0 aliphatic heterocycles. The SMILES string of the molecule is CC1CCC2C(=CCC3C(=O)c4ccccc4C(=O)C32Br)C1. The highest BCUT2D eigenvalue weighted by molar-refractivity contribution is 9.10. The lowest BCUT2D eigenvalue weighted by molar-refractivity contribution is 0.0706. The zero-order chi connectivity index (χ0) is 15.5. The number of carbonyl (C=O) groups excluding carboxylic acids is 2. The number of rotatable bonds is 0. The van der Waals surface area contributed by atoms with Gasteiger partial charge in [-0.25, -0.2) is 0 Å². The second-order valence-corrected chi connectivity index (χ2v) is 8.33. The summed E-state index contributed by atoms with van der Waals surface area (Å²) in [6.07, 6.45) is 6.11. The minimum Gasteiger partial charge on any atom is -0.294 e. The monoisotopic (exact) mass is 358 g/mol. The van der Waals surface area contributed by atoms with E-state index in [0.29, 0.717) is 23.5 Å². The third kappa shape index (κ3) is 1.78. The number of Topliss-reactive ketones (excluding diaryl/α,β-unsaturated/α-hetero) is 2. The molecule has 4 atom stereocenters. The summed E-state index contributed by atoms with van der Waals surface area (Å²) in [5.74, 6) is 0.833. The molecule has 3 heteroatoms. The maximum absolute atomic E-state index is 13.2. The van der Waals surface area contributed by atoms with Crippen molar-refractivity contribution < 1.29 is 9.59 Å². The average Bonchev–Trinajstić information content (AvgIpc) is 2.52. The number of hydrogen-bond donors (Lipinski definition) is 0. The summed E-state index contributed by atoms with van der Waals surface area (Å²) in [7, 11) is 0. The minimum absolute atomic E-state index is 0.109. The fourth-order valence-corrected chi connectivity index (χ4v) is 5.71. The number of halogens is 1. The molecule has 0 N–H and O–H groups in total. The van der Waals surface area contributed by atoms with E-state index in [4.69, 9.17) is 0 Å². The van der Waals surface area contributed by atoms with E-state index in [2.05, 4.69) is 28.9 Å². The number of alkyl halides is 1. The molecule has 114 valence electrons. The lowest BCUT2D eigenvalue weighted by atomic mass is 9.59. The van der Waals surface area contributed by atoms with Gasteiger partial charge < -0.3 is 0 Å². The summed E-state index contributed by atoms with van der Waals surface area (Å²) < 4.78 is -0.720. The van der Waals surface area contributed by atoms with Gasteiger partial charge in [-0.05, 0) is 31.6 Å². The molecule has 0 heterocycles. The fourth-order valence-electron chi connectivity index (χ4n) is 4.58. The number of ketones is 2. The first-order valence-corrected chi connectivity index (χ1v) is 8.88. The Kier molecular flexibility index (Phi) is 3.19. The van der Waals surface area contributed by atoms with E-state index in [9.17, 15) is 9.59 Å². The van der Waals surface area contributed by atoms with Gasteiger partial charge in [-0.2, -0.15) is 0 Å². The maximum atomic E-state index is 13.2. The summed E-state index contributed by atoms with van der Waals surface area (Å²) in [5.41, 5.74) is 2.58. The third-order valence-corrected chi connectivity index (χ3v) is 7.18. The van der Waals surface area contributed by atoms with Crippen LogP contribution in [-0.2, 0) is 0 Å². The Balaban J connectivity index is 1.86. The maximum Gasteiger partial charge on any atom is 0.181 e. The van der Waals surface area contributed by atoms with Gasteiger partial charge in [0.2, 0.25) is 0 Å². The molecule has 0 saturated heterocycles. The Morgan fingerprint density at radius 1 is 1.09 bits per heavy atom. The van der Waals surface area contributed by atoms with Crippen LogP contribution in [0.2, 0.25) is 0 Å². The summed E-state index contributed by atoms with van der Waals surface area (Å²) in [6.45, 7) is 2.27. The predicted molar refractivity (Wildman–Crippen MR) is 89.5 cm³/mol. The van der Waals surface area contributed by atoms with Gasteiger partial charge in [-0.15, -0.1) is 0 Å². The molecule has 4 rings (SSSR count). The molecular weight excluding hydrogens is 340 g/mol. The lowest BCUT2D eigenvalue weighted by Gasteiger charge is -2.49. The molecule has 3 aliphatic carbocycles. The van der Waals surface area contributed by atoms with Crippen molar-refractivity contribution >= 4 is 27.5 Å². The number of hydrogen-bond acceptors (Lipinski definition) is 2. The van der Waals surface area contributed by atoms with Crippen LogP contribution in [0, 0.1) is 17.8 Å². The molecule has 2 nitrogen and oxygen atoms in total. The van der Waals surface area contributed by atoms with Crippen LogP contribution in [0.5, 0.6) is 0 Å². The average molecular weight is 359 g/mol. The van der Waals surface area contributed by atoms with Crippen molar-refractivity contribution in [2.45, 2.75) is 36.9 Å². The number of fused-ring (bicyclic) bond motifs is 4. The zero-order valence-electron chi connectivity index (χ0n) is 12.6. The van der Waals surface area contributed by atoms with Gasteiger partial charge in [0, 0.05) is 23.0 Å². The zero-order valence-corrected chi connectivity index (χ0v) is 14.2. The van der Waals surface area contributed by atoms with Crippen LogP contribution < -0.4 is 0 Å². The Morgan fingerprint density at radius 3 is 2.59 bits per heavy atom. The van der Waals surface area contributed by atoms with Crippen LogP contribution in [0.1, 0.15) is 53.3 Å². The molecule has 0 spiro atoms. The predicted octanol–water partition coefficient (Wildman–Crippen LogP) is 4.58. The van der Waals surface area contributed by atoms with E-state index < -0.39 is 4.32 Å². The van der Waals surface area contributed by atoms with Crippen molar-refractivity contribution in [2.24, 2.45) is 17.8 Å². The van der Waals surface area contributed by atoms with E-state index in [0.717, 1.165) is 19.3 Å². The van der Waals surface area contributed by atoms with Crippen LogP contribution in [-0.4, -0.2) is 15.9 Å². The lowest BCUT2D eigenvalue weighted by Crippen LogP contribution is -2.56. The summed E-state index contributed by atoms with van der Waals surface area (Å²) in [5, 5.41) is 0. The van der Waals surface area contributed by atoms with Crippen molar-refractivity contribution in [1.82, 2.24) is 0 Å². The van der Waals surface area contributed by atoms with Gasteiger partial charge in [0.15, 0.2) is 11.6 Å². The first-order valence-electron chi connectivity index (χ1n) is 8.09. The first kappa shape index (κ1) is 14.4. The Labute approximate surface area is 139 Å². The van der Waals surface area contributed by atoms with E-state index in [1.165, 1.54) is 5.57 Å². The second kappa shape index (κ2) is 4.89. The highest BCUT2D eigenvalue weighted by atomic mass is 79.9. The van der Waals surface area contributed by atoms with Crippen LogP contribution in [0.4, 0.5) is 0 Å². The van der Waals surface area contributed by atoms with Crippen LogP contribution >= 0.6 is 15.9 Å². The molecule has 3 aliphatic rings. The highest BCUT2D eigenvalue weighted by Crippen LogP contribution is 2.55. The summed E-state index contributed by atoms with van der Waals surface area (Å²) >= 11 is 3.80. The molecule has 1 saturated carbocycles. The van der Waals surface area contributed by atoms with Crippen LogP contribution in [0.25, 0.3) is 0 Å². The Bertz CT molecular complexity index is 705. The smallest absolute Gasteiger partial charge is 0.181 e. The van der Waals surface area contributed by atoms with Gasteiger partial charge >= 0.3 is 0 Å². The largest absolute Gasteiger partial charge is 0.294 e. The minimum atomic E-state index is -0.720. The molecule has 1 aromatic rings. The standard InChI is InChI=1S/C19H19BrO2/c1-11-6-8-15-12(10-11)7-9-16-17(21)13-4-2-3-5-14(13)18(22)19(15,16)20/h2-5,7,11,15-16H,6,8-10H2,1H3. The molecule has 1 aromatic carbocycles. The quantitative estimate of drug-likeness (QED) is 0.502. The molecule has 4 unspecified atom stereocenters. The van der Waals surface area contributed by atoms with Crippen LogP contribution in [0.15, 0.2) is 35.9 Å². The van der Waals surface area contributed by atoms with E-state index in [-0.39, 0.29) is 23.4 Å².